The van der Waals surface area contributed by atoms with Gasteiger partial charge in [0, 0.05) is 23.0 Å². The Morgan fingerprint density at radius 1 is 0.950 bits per heavy atom. The first-order chi connectivity index (χ1) is 9.38. The number of Topliss-reactive ketones (excluding diaryl/α,β-unsaturated/α-hetero) is 1. The molecule has 2 aromatic carbocycles. The van der Waals surface area contributed by atoms with Crippen LogP contribution in [0.25, 0.3) is 0 Å². The Balaban J connectivity index is 2.33. The van der Waals surface area contributed by atoms with Crippen LogP contribution >= 0.6 is 15.9 Å². The summed E-state index contributed by atoms with van der Waals surface area (Å²) in [6, 6.07) is 4.48. The summed E-state index contributed by atoms with van der Waals surface area (Å²) in [5, 5.41) is 0. The largest absolute Gasteiger partial charge is 0.294 e. The maximum Gasteiger partial charge on any atom is 0.173 e. The predicted octanol–water partition coefficient (Wildman–Crippen LogP) is 4.43. The van der Waals surface area contributed by atoms with Gasteiger partial charge in [0.25, 0.3) is 0 Å². The molecule has 104 valence electrons. The molecule has 0 atom stereocenters. The van der Waals surface area contributed by atoms with Gasteiger partial charge in [-0.25, -0.2) is 17.6 Å². The summed E-state index contributed by atoms with van der Waals surface area (Å²) in [5.41, 5.74) is -0.429. The van der Waals surface area contributed by atoms with Crippen LogP contribution in [0, 0.1) is 23.3 Å². The van der Waals surface area contributed by atoms with Gasteiger partial charge >= 0.3 is 0 Å². The van der Waals surface area contributed by atoms with E-state index < -0.39 is 34.6 Å². The summed E-state index contributed by atoms with van der Waals surface area (Å²) in [7, 11) is 0. The van der Waals surface area contributed by atoms with Crippen molar-refractivity contribution < 1.29 is 22.4 Å². The average Bonchev–Trinajstić information content (AvgIpc) is 2.31. The zero-order valence-electron chi connectivity index (χ0n) is 9.89. The standard InChI is InChI=1S/C14H7BrF4O/c15-10-4-8(16)2-1-7(10)3-13(20)14-11(18)5-9(17)6-12(14)19/h1-2,4-6H,3H2. The lowest BCUT2D eigenvalue weighted by molar-refractivity contribution is 0.0984. The molecule has 20 heavy (non-hydrogen) atoms. The second kappa shape index (κ2) is 5.75. The summed E-state index contributed by atoms with van der Waals surface area (Å²) in [6.07, 6.45) is -0.333. The molecule has 2 aromatic rings. The van der Waals surface area contributed by atoms with Crippen LogP contribution in [0.15, 0.2) is 34.8 Å². The highest BCUT2D eigenvalue weighted by molar-refractivity contribution is 9.10. The Kier molecular flexibility index (Phi) is 4.23. The predicted molar refractivity (Wildman–Crippen MR) is 68.5 cm³/mol. The molecule has 0 saturated carbocycles. The van der Waals surface area contributed by atoms with Crippen molar-refractivity contribution in [2.24, 2.45) is 0 Å². The molecule has 1 nitrogen and oxygen atoms in total. The third kappa shape index (κ3) is 3.07. The molecule has 2 rings (SSSR count). The van der Waals surface area contributed by atoms with E-state index in [4.69, 9.17) is 0 Å². The van der Waals surface area contributed by atoms with Gasteiger partial charge in [0.2, 0.25) is 0 Å². The normalized spacial score (nSPS) is 10.7. The van der Waals surface area contributed by atoms with E-state index in [0.717, 1.165) is 12.1 Å². The molecular formula is C14H7BrF4O. The molecule has 0 fully saturated rings. The molecule has 0 spiro atoms. The van der Waals surface area contributed by atoms with Crippen molar-refractivity contribution in [1.82, 2.24) is 0 Å². The van der Waals surface area contributed by atoms with Gasteiger partial charge in [0.15, 0.2) is 5.78 Å². The molecule has 0 heterocycles. The minimum atomic E-state index is -1.26. The number of carbonyl (C=O) groups is 1. The SMILES string of the molecule is O=C(Cc1ccc(F)cc1Br)c1c(F)cc(F)cc1F. The first-order valence-electron chi connectivity index (χ1n) is 5.50. The van der Waals surface area contributed by atoms with Crippen LogP contribution in [-0.2, 0) is 6.42 Å². The highest BCUT2D eigenvalue weighted by Crippen LogP contribution is 2.22. The van der Waals surface area contributed by atoms with Crippen molar-refractivity contribution in [2.75, 3.05) is 0 Å². The highest BCUT2D eigenvalue weighted by Gasteiger charge is 2.20. The van der Waals surface area contributed by atoms with Crippen LogP contribution in [0.4, 0.5) is 17.6 Å². The molecule has 0 saturated heterocycles. The van der Waals surface area contributed by atoms with Gasteiger partial charge in [-0.2, -0.15) is 0 Å². The number of carbonyl (C=O) groups excluding carboxylic acids is 1. The third-order valence-electron chi connectivity index (χ3n) is 2.65. The van der Waals surface area contributed by atoms with Gasteiger partial charge in [0.05, 0.1) is 5.56 Å². The smallest absolute Gasteiger partial charge is 0.173 e. The second-order valence-electron chi connectivity index (χ2n) is 4.08. The number of hydrogen-bond acceptors (Lipinski definition) is 1. The summed E-state index contributed by atoms with van der Waals surface area (Å²) >= 11 is 3.06. The molecule has 0 radical (unpaired) electrons. The third-order valence-corrected chi connectivity index (χ3v) is 3.39. The van der Waals surface area contributed by atoms with E-state index >= 15 is 0 Å². The Labute approximate surface area is 120 Å². The van der Waals surface area contributed by atoms with Crippen LogP contribution in [0.3, 0.4) is 0 Å². The van der Waals surface area contributed by atoms with Crippen molar-refractivity contribution in [3.8, 4) is 0 Å². The first kappa shape index (κ1) is 14.7. The minimum Gasteiger partial charge on any atom is -0.294 e. The molecule has 0 bridgehead atoms. The minimum absolute atomic E-state index is 0.314. The van der Waals surface area contributed by atoms with E-state index in [1.54, 1.807) is 0 Å². The van der Waals surface area contributed by atoms with Crippen LogP contribution in [-0.4, -0.2) is 5.78 Å². The molecule has 6 heteroatoms. The molecule has 0 aliphatic carbocycles. The average molecular weight is 347 g/mol. The zero-order chi connectivity index (χ0) is 14.9. The zero-order valence-corrected chi connectivity index (χ0v) is 11.5. The van der Waals surface area contributed by atoms with E-state index in [0.29, 0.717) is 22.2 Å². The fraction of sp³-hybridized carbons (Fsp3) is 0.0714. The molecule has 0 aromatic heterocycles. The van der Waals surface area contributed by atoms with Crippen LogP contribution in [0.5, 0.6) is 0 Å². The van der Waals surface area contributed by atoms with Crippen molar-refractivity contribution >= 4 is 21.7 Å². The monoisotopic (exact) mass is 346 g/mol. The van der Waals surface area contributed by atoms with Crippen LogP contribution < -0.4 is 0 Å². The van der Waals surface area contributed by atoms with Crippen molar-refractivity contribution in [3.05, 3.63) is 69.2 Å². The number of halogens is 5. The lowest BCUT2D eigenvalue weighted by Gasteiger charge is -2.06. The molecule has 0 N–H and O–H groups in total. The van der Waals surface area contributed by atoms with E-state index in [1.165, 1.54) is 6.07 Å². The first-order valence-corrected chi connectivity index (χ1v) is 6.29. The number of hydrogen-bond donors (Lipinski definition) is 0. The van der Waals surface area contributed by atoms with Crippen molar-refractivity contribution in [2.45, 2.75) is 6.42 Å². The quantitative estimate of drug-likeness (QED) is 0.593. The number of rotatable bonds is 3. The van der Waals surface area contributed by atoms with Crippen LogP contribution in [0.1, 0.15) is 15.9 Å². The Morgan fingerprint density at radius 3 is 2.10 bits per heavy atom. The molecule has 0 aliphatic heterocycles. The lowest BCUT2D eigenvalue weighted by Crippen LogP contribution is -2.10. The van der Waals surface area contributed by atoms with Gasteiger partial charge < -0.3 is 0 Å². The molecular weight excluding hydrogens is 340 g/mol. The van der Waals surface area contributed by atoms with Gasteiger partial charge in [-0.05, 0) is 17.7 Å². The maximum absolute atomic E-state index is 13.5. The molecule has 0 amide bonds. The summed E-state index contributed by atoms with van der Waals surface area (Å²) < 4.78 is 52.9. The highest BCUT2D eigenvalue weighted by atomic mass is 79.9. The van der Waals surface area contributed by atoms with Gasteiger partial charge in [-0.15, -0.1) is 0 Å². The molecule has 0 unspecified atom stereocenters. The number of ketones is 1. The van der Waals surface area contributed by atoms with Gasteiger partial charge in [-0.1, -0.05) is 22.0 Å². The lowest BCUT2D eigenvalue weighted by atomic mass is 10.0. The number of benzene rings is 2. The fourth-order valence-electron chi connectivity index (χ4n) is 1.73. The van der Waals surface area contributed by atoms with Crippen molar-refractivity contribution in [1.29, 1.82) is 0 Å². The second-order valence-corrected chi connectivity index (χ2v) is 4.93. The maximum atomic E-state index is 13.5. The van der Waals surface area contributed by atoms with Crippen LogP contribution in [0.2, 0.25) is 0 Å². The Bertz CT molecular complexity index is 662. The van der Waals surface area contributed by atoms with Crippen molar-refractivity contribution in [3.63, 3.8) is 0 Å². The summed E-state index contributed by atoms with van der Waals surface area (Å²) in [4.78, 5) is 11.9. The van der Waals surface area contributed by atoms with E-state index in [1.807, 2.05) is 0 Å². The Hall–Kier alpha value is -1.69. The molecule has 0 aliphatic rings. The topological polar surface area (TPSA) is 17.1 Å². The Morgan fingerprint density at radius 2 is 1.55 bits per heavy atom. The van der Waals surface area contributed by atoms with E-state index in [2.05, 4.69) is 15.9 Å². The van der Waals surface area contributed by atoms with Gasteiger partial charge in [-0.3, -0.25) is 4.79 Å². The summed E-state index contributed by atoms with van der Waals surface area (Å²) in [6.45, 7) is 0. The fourth-order valence-corrected chi connectivity index (χ4v) is 2.23. The van der Waals surface area contributed by atoms with Gasteiger partial charge in [0.1, 0.15) is 23.3 Å². The van der Waals surface area contributed by atoms with E-state index in [9.17, 15) is 22.4 Å². The van der Waals surface area contributed by atoms with E-state index in [-0.39, 0.29) is 6.42 Å². The summed E-state index contributed by atoms with van der Waals surface area (Å²) in [5.74, 6) is -4.98.